The van der Waals surface area contributed by atoms with E-state index in [9.17, 15) is 0 Å². The molecule has 0 aromatic heterocycles. The first-order valence-corrected chi connectivity index (χ1v) is 5.80. The van der Waals surface area contributed by atoms with E-state index >= 15 is 0 Å². The van der Waals surface area contributed by atoms with Crippen LogP contribution in [0.15, 0.2) is 12.2 Å². The summed E-state index contributed by atoms with van der Waals surface area (Å²) < 4.78 is 11.0. The smallest absolute Gasteiger partial charge is 0.157 e. The Morgan fingerprint density at radius 2 is 2.40 bits per heavy atom. The molecule has 0 aromatic rings. The molecule has 1 aliphatic heterocycles. The zero-order valence-electron chi connectivity index (χ0n) is 9.50. The van der Waals surface area contributed by atoms with Gasteiger partial charge in [0.05, 0.1) is 6.61 Å². The Kier molecular flexibility index (Phi) is 6.98. The maximum Gasteiger partial charge on any atom is 0.157 e. The van der Waals surface area contributed by atoms with Crippen LogP contribution in [0.25, 0.3) is 0 Å². The van der Waals surface area contributed by atoms with Gasteiger partial charge in [-0.2, -0.15) is 0 Å². The van der Waals surface area contributed by atoms with Crippen molar-refractivity contribution in [1.82, 2.24) is 0 Å². The molecule has 1 atom stereocenters. The molecule has 0 N–H and O–H groups in total. The summed E-state index contributed by atoms with van der Waals surface area (Å²) >= 11 is 0. The summed E-state index contributed by atoms with van der Waals surface area (Å²) in [5.74, 6) is 5.94. The second-order valence-electron chi connectivity index (χ2n) is 3.53. The fourth-order valence-corrected chi connectivity index (χ4v) is 1.41. The molecule has 1 aliphatic rings. The third-order valence-electron chi connectivity index (χ3n) is 2.21. The van der Waals surface area contributed by atoms with Gasteiger partial charge in [0, 0.05) is 13.0 Å². The maximum atomic E-state index is 5.57. The fourth-order valence-electron chi connectivity index (χ4n) is 1.41. The monoisotopic (exact) mass is 208 g/mol. The molecule has 0 aromatic carbocycles. The second kappa shape index (κ2) is 8.52. The Labute approximate surface area is 92.6 Å². The summed E-state index contributed by atoms with van der Waals surface area (Å²) in [5, 5.41) is 0. The van der Waals surface area contributed by atoms with Crippen molar-refractivity contribution in [1.29, 1.82) is 0 Å². The third kappa shape index (κ3) is 6.33. The molecule has 15 heavy (non-hydrogen) atoms. The number of ether oxygens (including phenoxy) is 2. The van der Waals surface area contributed by atoms with Gasteiger partial charge in [-0.15, -0.1) is 0 Å². The Bertz CT molecular complexity index is 229. The lowest BCUT2D eigenvalue weighted by Gasteiger charge is -2.22. The van der Waals surface area contributed by atoms with Crippen molar-refractivity contribution in [3.8, 4) is 11.8 Å². The number of hydrogen-bond donors (Lipinski definition) is 0. The van der Waals surface area contributed by atoms with E-state index in [0.29, 0.717) is 0 Å². The molecule has 84 valence electrons. The molecule has 1 fully saturated rings. The Balaban J connectivity index is 1.98. The minimum absolute atomic E-state index is 0.0360. The van der Waals surface area contributed by atoms with Crippen LogP contribution in [-0.2, 0) is 9.47 Å². The minimum Gasteiger partial charge on any atom is -0.353 e. The van der Waals surface area contributed by atoms with Gasteiger partial charge in [0.2, 0.25) is 0 Å². The van der Waals surface area contributed by atoms with Gasteiger partial charge < -0.3 is 9.47 Å². The van der Waals surface area contributed by atoms with E-state index in [1.54, 1.807) is 0 Å². The molecule has 2 nitrogen and oxygen atoms in total. The van der Waals surface area contributed by atoms with Gasteiger partial charge >= 0.3 is 0 Å². The average molecular weight is 208 g/mol. The standard InChI is InChI=1S/C13H20O2/c1-2-3-4-5-6-8-11-14-13-10-7-9-12-15-13/h5-6,13H,2,7-12H2,1H3/b6-5+. The molecular weight excluding hydrogens is 188 g/mol. The van der Waals surface area contributed by atoms with Crippen LogP contribution in [0.4, 0.5) is 0 Å². The van der Waals surface area contributed by atoms with E-state index < -0.39 is 0 Å². The first kappa shape index (κ1) is 12.3. The van der Waals surface area contributed by atoms with Gasteiger partial charge in [0.25, 0.3) is 0 Å². The predicted octanol–water partition coefficient (Wildman–Crippen LogP) is 2.89. The normalized spacial score (nSPS) is 21.3. The zero-order chi connectivity index (χ0) is 10.8. The van der Waals surface area contributed by atoms with Crippen molar-refractivity contribution in [3.05, 3.63) is 12.2 Å². The molecule has 1 saturated heterocycles. The van der Waals surface area contributed by atoms with Gasteiger partial charge in [-0.25, -0.2) is 0 Å². The minimum atomic E-state index is 0.0360. The summed E-state index contributed by atoms with van der Waals surface area (Å²) in [6.45, 7) is 3.63. The number of rotatable bonds is 4. The first-order chi connectivity index (χ1) is 7.43. The summed E-state index contributed by atoms with van der Waals surface area (Å²) in [4.78, 5) is 0. The van der Waals surface area contributed by atoms with E-state index in [1.807, 2.05) is 19.1 Å². The lowest BCUT2D eigenvalue weighted by atomic mass is 10.2. The van der Waals surface area contributed by atoms with Crippen LogP contribution >= 0.6 is 0 Å². The highest BCUT2D eigenvalue weighted by Gasteiger charge is 2.12. The van der Waals surface area contributed by atoms with Gasteiger partial charge in [-0.05, 0) is 31.8 Å². The second-order valence-corrected chi connectivity index (χ2v) is 3.53. The molecule has 1 unspecified atom stereocenters. The average Bonchev–Trinajstić information content (AvgIpc) is 2.29. The molecule has 0 amide bonds. The molecule has 0 aliphatic carbocycles. The predicted molar refractivity (Wildman–Crippen MR) is 61.4 cm³/mol. The molecule has 0 saturated carbocycles. The van der Waals surface area contributed by atoms with Crippen molar-refractivity contribution in [2.45, 2.75) is 45.3 Å². The van der Waals surface area contributed by atoms with Gasteiger partial charge in [0.15, 0.2) is 6.29 Å². The van der Waals surface area contributed by atoms with E-state index in [2.05, 4.69) is 11.8 Å². The number of hydrogen-bond acceptors (Lipinski definition) is 2. The van der Waals surface area contributed by atoms with Gasteiger partial charge in [-0.1, -0.05) is 24.8 Å². The summed E-state index contributed by atoms with van der Waals surface area (Å²) in [6, 6.07) is 0. The van der Waals surface area contributed by atoms with Crippen molar-refractivity contribution in [3.63, 3.8) is 0 Å². The van der Waals surface area contributed by atoms with Crippen LogP contribution in [0.2, 0.25) is 0 Å². The largest absolute Gasteiger partial charge is 0.353 e. The van der Waals surface area contributed by atoms with Gasteiger partial charge in [0.1, 0.15) is 0 Å². The quantitative estimate of drug-likeness (QED) is 0.522. The lowest BCUT2D eigenvalue weighted by molar-refractivity contribution is -0.161. The molecule has 0 spiro atoms. The van der Waals surface area contributed by atoms with Crippen molar-refractivity contribution < 1.29 is 9.47 Å². The van der Waals surface area contributed by atoms with Crippen molar-refractivity contribution in [2.75, 3.05) is 13.2 Å². The Morgan fingerprint density at radius 3 is 3.13 bits per heavy atom. The molecule has 1 heterocycles. The van der Waals surface area contributed by atoms with E-state index in [4.69, 9.17) is 9.47 Å². The Morgan fingerprint density at radius 1 is 1.47 bits per heavy atom. The Hall–Kier alpha value is -0.780. The van der Waals surface area contributed by atoms with Crippen LogP contribution < -0.4 is 0 Å². The fraction of sp³-hybridized carbons (Fsp3) is 0.692. The van der Waals surface area contributed by atoms with Crippen LogP contribution in [0.1, 0.15) is 39.0 Å². The summed E-state index contributed by atoms with van der Waals surface area (Å²) in [7, 11) is 0. The SMILES string of the molecule is CCC#C/C=C/CCOC1CCCCO1. The van der Waals surface area contributed by atoms with Crippen molar-refractivity contribution in [2.24, 2.45) is 0 Å². The van der Waals surface area contributed by atoms with E-state index in [1.165, 1.54) is 12.8 Å². The molecule has 1 rings (SSSR count). The summed E-state index contributed by atoms with van der Waals surface area (Å²) in [5.41, 5.74) is 0. The molecule has 0 bridgehead atoms. The highest BCUT2D eigenvalue weighted by molar-refractivity contribution is 5.14. The number of allylic oxidation sites excluding steroid dienone is 1. The van der Waals surface area contributed by atoms with Crippen LogP contribution in [0.3, 0.4) is 0 Å². The maximum absolute atomic E-state index is 5.57. The van der Waals surface area contributed by atoms with Crippen LogP contribution in [0, 0.1) is 11.8 Å². The highest BCUT2D eigenvalue weighted by atomic mass is 16.7. The summed E-state index contributed by atoms with van der Waals surface area (Å²) in [6.07, 6.45) is 9.25. The molecule has 2 heteroatoms. The third-order valence-corrected chi connectivity index (χ3v) is 2.21. The zero-order valence-corrected chi connectivity index (χ0v) is 9.50. The van der Waals surface area contributed by atoms with Crippen LogP contribution in [-0.4, -0.2) is 19.5 Å². The van der Waals surface area contributed by atoms with E-state index in [0.717, 1.165) is 32.5 Å². The topological polar surface area (TPSA) is 18.5 Å². The molecule has 0 radical (unpaired) electrons. The van der Waals surface area contributed by atoms with Gasteiger partial charge in [-0.3, -0.25) is 0 Å². The van der Waals surface area contributed by atoms with Crippen molar-refractivity contribution >= 4 is 0 Å². The molecular formula is C13H20O2. The first-order valence-electron chi connectivity index (χ1n) is 5.80. The van der Waals surface area contributed by atoms with Crippen LogP contribution in [0.5, 0.6) is 0 Å². The highest BCUT2D eigenvalue weighted by Crippen LogP contribution is 2.13. The van der Waals surface area contributed by atoms with E-state index in [-0.39, 0.29) is 6.29 Å². The lowest BCUT2D eigenvalue weighted by Crippen LogP contribution is -2.22.